The first-order valence-electron chi connectivity index (χ1n) is 5.19. The average molecular weight is 347 g/mol. The van der Waals surface area contributed by atoms with Gasteiger partial charge in [-0.15, -0.1) is 0 Å². The van der Waals surface area contributed by atoms with Crippen LogP contribution in [0.3, 0.4) is 0 Å². The van der Waals surface area contributed by atoms with Gasteiger partial charge in [0.15, 0.2) is 0 Å². The second-order valence-electron chi connectivity index (χ2n) is 3.81. The van der Waals surface area contributed by atoms with Crippen LogP contribution >= 0.6 is 31.9 Å². The molecule has 0 aromatic heterocycles. The molecule has 0 fully saturated rings. The molecule has 1 aromatic rings. The van der Waals surface area contributed by atoms with Gasteiger partial charge in [0.05, 0.1) is 18.9 Å². The molecule has 1 aromatic carbocycles. The van der Waals surface area contributed by atoms with Crippen molar-refractivity contribution in [2.24, 2.45) is 5.73 Å². The first kappa shape index (κ1) is 12.1. The summed E-state index contributed by atoms with van der Waals surface area (Å²) in [7, 11) is 0. The highest BCUT2D eigenvalue weighted by atomic mass is 79.9. The largest absolute Gasteiger partial charge is 0.501 e. The summed E-state index contributed by atoms with van der Waals surface area (Å²) in [4.78, 5) is 0. The standard InChI is InChI=1S/C12H13Br2NO/c13-9-3-4-11(14)10(6-9)12(15)8-2-1-5-16-7-8/h3-4,6-7,12H,1-2,5,15H2. The molecule has 2 rings (SSSR count). The van der Waals surface area contributed by atoms with Crippen molar-refractivity contribution in [2.45, 2.75) is 18.9 Å². The van der Waals surface area contributed by atoms with Gasteiger partial charge < -0.3 is 10.5 Å². The molecule has 1 atom stereocenters. The van der Waals surface area contributed by atoms with E-state index in [1.54, 1.807) is 0 Å². The average Bonchev–Trinajstić information content (AvgIpc) is 2.32. The Labute approximate surface area is 112 Å². The van der Waals surface area contributed by atoms with Crippen LogP contribution in [0.25, 0.3) is 0 Å². The molecule has 0 amide bonds. The van der Waals surface area contributed by atoms with E-state index >= 15 is 0 Å². The quantitative estimate of drug-likeness (QED) is 0.881. The predicted octanol–water partition coefficient (Wildman–Crippen LogP) is 3.91. The number of benzene rings is 1. The minimum atomic E-state index is -0.0906. The predicted molar refractivity (Wildman–Crippen MR) is 72.0 cm³/mol. The lowest BCUT2D eigenvalue weighted by Crippen LogP contribution is -2.16. The Morgan fingerprint density at radius 1 is 1.31 bits per heavy atom. The van der Waals surface area contributed by atoms with Gasteiger partial charge in [0.25, 0.3) is 0 Å². The summed E-state index contributed by atoms with van der Waals surface area (Å²) in [6.45, 7) is 0.801. The minimum Gasteiger partial charge on any atom is -0.501 e. The van der Waals surface area contributed by atoms with Gasteiger partial charge in [-0.2, -0.15) is 0 Å². The molecule has 0 saturated carbocycles. The highest BCUT2D eigenvalue weighted by molar-refractivity contribution is 9.11. The Morgan fingerprint density at radius 3 is 2.81 bits per heavy atom. The van der Waals surface area contributed by atoms with E-state index in [-0.39, 0.29) is 6.04 Å². The van der Waals surface area contributed by atoms with Crippen LogP contribution in [0.4, 0.5) is 0 Å². The Morgan fingerprint density at radius 2 is 2.12 bits per heavy atom. The van der Waals surface area contributed by atoms with E-state index in [9.17, 15) is 0 Å². The van der Waals surface area contributed by atoms with Crippen molar-refractivity contribution in [3.05, 3.63) is 44.5 Å². The van der Waals surface area contributed by atoms with Crippen LogP contribution in [0.1, 0.15) is 24.4 Å². The zero-order valence-electron chi connectivity index (χ0n) is 8.75. The molecule has 2 N–H and O–H groups in total. The number of ether oxygens (including phenoxy) is 1. The lowest BCUT2D eigenvalue weighted by molar-refractivity contribution is 0.221. The van der Waals surface area contributed by atoms with E-state index < -0.39 is 0 Å². The van der Waals surface area contributed by atoms with Gasteiger partial charge in [-0.05, 0) is 42.2 Å². The van der Waals surface area contributed by atoms with E-state index in [4.69, 9.17) is 10.5 Å². The molecule has 1 unspecified atom stereocenters. The van der Waals surface area contributed by atoms with Crippen molar-refractivity contribution < 1.29 is 4.74 Å². The molecule has 86 valence electrons. The van der Waals surface area contributed by atoms with E-state index in [0.717, 1.165) is 39.5 Å². The maximum Gasteiger partial charge on any atom is 0.0876 e. The van der Waals surface area contributed by atoms with Gasteiger partial charge in [0.1, 0.15) is 0 Å². The topological polar surface area (TPSA) is 35.2 Å². The fraction of sp³-hybridized carbons (Fsp3) is 0.333. The second-order valence-corrected chi connectivity index (χ2v) is 5.58. The summed E-state index contributed by atoms with van der Waals surface area (Å²) < 4.78 is 7.40. The first-order chi connectivity index (χ1) is 7.68. The summed E-state index contributed by atoms with van der Waals surface area (Å²) in [6.07, 6.45) is 3.87. The van der Waals surface area contributed by atoms with Crippen molar-refractivity contribution in [1.29, 1.82) is 0 Å². The van der Waals surface area contributed by atoms with Crippen molar-refractivity contribution in [3.63, 3.8) is 0 Å². The molecule has 2 nitrogen and oxygen atoms in total. The van der Waals surface area contributed by atoms with E-state index in [0.29, 0.717) is 0 Å². The highest BCUT2D eigenvalue weighted by Gasteiger charge is 2.17. The lowest BCUT2D eigenvalue weighted by atomic mass is 9.96. The maximum absolute atomic E-state index is 6.24. The third-order valence-electron chi connectivity index (χ3n) is 2.65. The van der Waals surface area contributed by atoms with E-state index in [1.165, 1.54) is 0 Å². The monoisotopic (exact) mass is 345 g/mol. The van der Waals surface area contributed by atoms with Crippen molar-refractivity contribution in [3.8, 4) is 0 Å². The molecule has 0 saturated heterocycles. The Kier molecular flexibility index (Phi) is 4.05. The number of halogens is 2. The molecule has 0 aliphatic carbocycles. The summed E-state index contributed by atoms with van der Waals surface area (Å²) in [6, 6.07) is 5.95. The highest BCUT2D eigenvalue weighted by Crippen LogP contribution is 2.32. The number of hydrogen-bond donors (Lipinski definition) is 1. The molecule has 0 radical (unpaired) electrons. The van der Waals surface area contributed by atoms with Gasteiger partial charge in [0, 0.05) is 8.95 Å². The smallest absolute Gasteiger partial charge is 0.0876 e. The molecule has 16 heavy (non-hydrogen) atoms. The second kappa shape index (κ2) is 5.34. The molecular weight excluding hydrogens is 334 g/mol. The van der Waals surface area contributed by atoms with Crippen LogP contribution in [-0.2, 0) is 4.74 Å². The third-order valence-corrected chi connectivity index (χ3v) is 3.87. The van der Waals surface area contributed by atoms with Gasteiger partial charge in [-0.3, -0.25) is 0 Å². The van der Waals surface area contributed by atoms with Gasteiger partial charge in [-0.25, -0.2) is 0 Å². The summed E-state index contributed by atoms with van der Waals surface area (Å²) in [5, 5.41) is 0. The van der Waals surface area contributed by atoms with Crippen molar-refractivity contribution in [2.75, 3.05) is 6.61 Å². The van der Waals surface area contributed by atoms with Gasteiger partial charge in [0.2, 0.25) is 0 Å². The van der Waals surface area contributed by atoms with Crippen molar-refractivity contribution in [1.82, 2.24) is 0 Å². The number of rotatable bonds is 2. The fourth-order valence-electron chi connectivity index (χ4n) is 1.77. The van der Waals surface area contributed by atoms with Crippen molar-refractivity contribution >= 4 is 31.9 Å². The maximum atomic E-state index is 6.24. The zero-order valence-corrected chi connectivity index (χ0v) is 11.9. The Bertz CT molecular complexity index is 417. The molecule has 0 spiro atoms. The van der Waals surface area contributed by atoms with Gasteiger partial charge >= 0.3 is 0 Å². The number of hydrogen-bond acceptors (Lipinski definition) is 2. The third kappa shape index (κ3) is 2.67. The molecule has 1 heterocycles. The van der Waals surface area contributed by atoms with Crippen LogP contribution in [-0.4, -0.2) is 6.61 Å². The Hall–Kier alpha value is -0.320. The molecule has 4 heteroatoms. The molecular formula is C12H13Br2NO. The molecule has 1 aliphatic rings. The minimum absolute atomic E-state index is 0.0906. The van der Waals surface area contributed by atoms with Crippen LogP contribution < -0.4 is 5.73 Å². The summed E-state index contributed by atoms with van der Waals surface area (Å²) in [5.74, 6) is 0. The summed E-state index contributed by atoms with van der Waals surface area (Å²) >= 11 is 6.99. The van der Waals surface area contributed by atoms with Crippen LogP contribution in [0.15, 0.2) is 39.0 Å². The Balaban J connectivity index is 2.29. The SMILES string of the molecule is NC(C1=COCCC1)c1cc(Br)ccc1Br. The van der Waals surface area contributed by atoms with Crippen LogP contribution in [0, 0.1) is 0 Å². The number of nitrogens with two attached hydrogens (primary N) is 1. The van der Waals surface area contributed by atoms with E-state index in [2.05, 4.69) is 31.9 Å². The van der Waals surface area contributed by atoms with Gasteiger partial charge in [-0.1, -0.05) is 31.9 Å². The van der Waals surface area contributed by atoms with Crippen LogP contribution in [0.2, 0.25) is 0 Å². The first-order valence-corrected chi connectivity index (χ1v) is 6.78. The fourth-order valence-corrected chi connectivity index (χ4v) is 2.64. The van der Waals surface area contributed by atoms with Crippen LogP contribution in [0.5, 0.6) is 0 Å². The molecule has 0 bridgehead atoms. The zero-order chi connectivity index (χ0) is 11.5. The molecule has 1 aliphatic heterocycles. The van der Waals surface area contributed by atoms with E-state index in [1.807, 2.05) is 24.5 Å². The summed E-state index contributed by atoms with van der Waals surface area (Å²) in [5.41, 5.74) is 8.49. The normalized spacial score (nSPS) is 17.6. The lowest BCUT2D eigenvalue weighted by Gasteiger charge is -2.21.